The van der Waals surface area contributed by atoms with Gasteiger partial charge in [0.25, 0.3) is 5.69 Å². The van der Waals surface area contributed by atoms with Gasteiger partial charge >= 0.3 is 0 Å². The fourth-order valence-corrected chi connectivity index (χ4v) is 2.66. The first kappa shape index (κ1) is 13.6. The first-order valence-corrected chi connectivity index (χ1v) is 7.03. The molecule has 0 bridgehead atoms. The van der Waals surface area contributed by atoms with Crippen LogP contribution in [0.1, 0.15) is 5.56 Å². The van der Waals surface area contributed by atoms with Crippen molar-refractivity contribution in [2.24, 2.45) is 0 Å². The molecule has 7 heteroatoms. The highest BCUT2D eigenvalue weighted by molar-refractivity contribution is 9.10. The predicted octanol–water partition coefficient (Wildman–Crippen LogP) is 3.85. The third-order valence-corrected chi connectivity index (χ3v) is 3.63. The van der Waals surface area contributed by atoms with Crippen molar-refractivity contribution in [2.75, 3.05) is 5.32 Å². The van der Waals surface area contributed by atoms with Crippen LogP contribution < -0.4 is 5.32 Å². The Morgan fingerprint density at radius 3 is 2.95 bits per heavy atom. The number of aromatic amines is 1. The molecule has 0 saturated heterocycles. The average molecular weight is 347 g/mol. The number of nitrogens with zero attached hydrogens (tertiary/aromatic N) is 2. The molecule has 0 spiro atoms. The molecule has 21 heavy (non-hydrogen) atoms. The summed E-state index contributed by atoms with van der Waals surface area (Å²) < 4.78 is 0.918. The average Bonchev–Trinajstić information content (AvgIpc) is 2.93. The molecule has 0 fully saturated rings. The van der Waals surface area contributed by atoms with Crippen molar-refractivity contribution in [1.29, 1.82) is 0 Å². The maximum atomic E-state index is 11.0. The van der Waals surface area contributed by atoms with Crippen LogP contribution in [0.3, 0.4) is 0 Å². The van der Waals surface area contributed by atoms with E-state index in [9.17, 15) is 10.1 Å². The van der Waals surface area contributed by atoms with Crippen molar-refractivity contribution < 1.29 is 4.92 Å². The van der Waals surface area contributed by atoms with E-state index >= 15 is 0 Å². The second-order valence-electron chi connectivity index (χ2n) is 4.53. The molecule has 0 atom stereocenters. The van der Waals surface area contributed by atoms with Crippen molar-refractivity contribution in [3.63, 3.8) is 0 Å². The van der Waals surface area contributed by atoms with Gasteiger partial charge < -0.3 is 5.32 Å². The van der Waals surface area contributed by atoms with Crippen LogP contribution in [0.5, 0.6) is 0 Å². The zero-order chi connectivity index (χ0) is 14.8. The first-order valence-electron chi connectivity index (χ1n) is 6.24. The fourth-order valence-electron chi connectivity index (χ4n) is 2.19. The lowest BCUT2D eigenvalue weighted by Crippen LogP contribution is -2.03. The number of fused-ring (bicyclic) bond motifs is 1. The summed E-state index contributed by atoms with van der Waals surface area (Å²) in [5, 5.41) is 22.1. The number of nitrogens with one attached hydrogen (secondary N) is 2. The minimum atomic E-state index is -0.371. The Bertz CT molecular complexity index is 816. The molecule has 1 heterocycles. The zero-order valence-corrected chi connectivity index (χ0v) is 12.4. The molecule has 0 radical (unpaired) electrons. The molecule has 0 saturated carbocycles. The van der Waals surface area contributed by atoms with Crippen LogP contribution in [-0.4, -0.2) is 15.1 Å². The number of benzene rings is 2. The Hall–Kier alpha value is -2.41. The van der Waals surface area contributed by atoms with E-state index in [0.717, 1.165) is 21.1 Å². The lowest BCUT2D eigenvalue weighted by molar-refractivity contribution is -0.385. The predicted molar refractivity (Wildman–Crippen MR) is 84.2 cm³/mol. The van der Waals surface area contributed by atoms with Gasteiger partial charge in [-0.2, -0.15) is 5.10 Å². The molecule has 0 aliphatic heterocycles. The molecule has 2 aromatic carbocycles. The topological polar surface area (TPSA) is 83.8 Å². The highest BCUT2D eigenvalue weighted by Gasteiger charge is 2.12. The number of hydrogen-bond acceptors (Lipinski definition) is 4. The van der Waals surface area contributed by atoms with Crippen LogP contribution in [0.4, 0.5) is 11.4 Å². The number of nitro groups is 1. The van der Waals surface area contributed by atoms with Gasteiger partial charge in [0, 0.05) is 28.0 Å². The van der Waals surface area contributed by atoms with Gasteiger partial charge in [-0.3, -0.25) is 15.2 Å². The molecule has 0 unspecified atom stereocenters. The number of rotatable bonds is 4. The summed E-state index contributed by atoms with van der Waals surface area (Å²) in [4.78, 5) is 10.6. The summed E-state index contributed by atoms with van der Waals surface area (Å²) >= 11 is 3.44. The third-order valence-electron chi connectivity index (χ3n) is 3.17. The summed E-state index contributed by atoms with van der Waals surface area (Å²) in [5.41, 5.74) is 2.46. The van der Waals surface area contributed by atoms with Crippen molar-refractivity contribution in [1.82, 2.24) is 10.2 Å². The summed E-state index contributed by atoms with van der Waals surface area (Å²) in [6.07, 6.45) is 1.73. The highest BCUT2D eigenvalue weighted by Crippen LogP contribution is 2.27. The Morgan fingerprint density at radius 2 is 2.14 bits per heavy atom. The number of hydrogen-bond donors (Lipinski definition) is 2. The van der Waals surface area contributed by atoms with E-state index < -0.39 is 0 Å². The van der Waals surface area contributed by atoms with Crippen molar-refractivity contribution in [2.45, 2.75) is 6.54 Å². The Balaban J connectivity index is 1.90. The van der Waals surface area contributed by atoms with Crippen molar-refractivity contribution in [3.8, 4) is 0 Å². The van der Waals surface area contributed by atoms with Crippen LogP contribution in [0.15, 0.2) is 47.1 Å². The number of aromatic nitrogens is 2. The first-order chi connectivity index (χ1) is 10.1. The number of anilines is 1. The molecule has 0 aliphatic rings. The number of nitro benzene ring substituents is 1. The van der Waals surface area contributed by atoms with E-state index in [2.05, 4.69) is 31.4 Å². The van der Waals surface area contributed by atoms with E-state index in [1.807, 2.05) is 12.1 Å². The van der Waals surface area contributed by atoms with Gasteiger partial charge in [-0.05, 0) is 12.1 Å². The van der Waals surface area contributed by atoms with Gasteiger partial charge in [-0.15, -0.1) is 0 Å². The van der Waals surface area contributed by atoms with Crippen LogP contribution in [-0.2, 0) is 6.54 Å². The van der Waals surface area contributed by atoms with E-state index in [4.69, 9.17) is 0 Å². The monoisotopic (exact) mass is 346 g/mol. The zero-order valence-electron chi connectivity index (χ0n) is 10.8. The van der Waals surface area contributed by atoms with E-state index in [0.29, 0.717) is 12.1 Å². The summed E-state index contributed by atoms with van der Waals surface area (Å²) in [5.74, 6) is 0. The molecule has 106 valence electrons. The molecule has 3 aromatic rings. The fraction of sp³-hybridized carbons (Fsp3) is 0.0714. The van der Waals surface area contributed by atoms with Crippen LogP contribution >= 0.6 is 15.9 Å². The van der Waals surface area contributed by atoms with Crippen LogP contribution in [0, 0.1) is 10.1 Å². The van der Waals surface area contributed by atoms with Gasteiger partial charge in [0.1, 0.15) is 0 Å². The number of H-pyrrole nitrogens is 1. The van der Waals surface area contributed by atoms with E-state index in [-0.39, 0.29) is 10.6 Å². The maximum absolute atomic E-state index is 11.0. The smallest absolute Gasteiger partial charge is 0.274 e. The lowest BCUT2D eigenvalue weighted by atomic mass is 10.1. The van der Waals surface area contributed by atoms with E-state index in [1.165, 1.54) is 6.07 Å². The summed E-state index contributed by atoms with van der Waals surface area (Å²) in [7, 11) is 0. The van der Waals surface area contributed by atoms with Gasteiger partial charge in [0.15, 0.2) is 0 Å². The minimum absolute atomic E-state index is 0.112. The SMILES string of the molecule is O=[N+]([O-])c1ccccc1CNc1cc(Br)cc2cn[nH]c12. The quantitative estimate of drug-likeness (QED) is 0.555. The Labute approximate surface area is 128 Å². The molecule has 1 aromatic heterocycles. The molecule has 2 N–H and O–H groups in total. The molecule has 0 amide bonds. The number of para-hydroxylation sites is 1. The van der Waals surface area contributed by atoms with Crippen LogP contribution in [0.2, 0.25) is 0 Å². The Morgan fingerprint density at radius 1 is 1.33 bits per heavy atom. The van der Waals surface area contributed by atoms with E-state index in [1.54, 1.807) is 24.4 Å². The van der Waals surface area contributed by atoms with Gasteiger partial charge in [-0.25, -0.2) is 0 Å². The van der Waals surface area contributed by atoms with Gasteiger partial charge in [0.05, 0.1) is 22.3 Å². The van der Waals surface area contributed by atoms with Gasteiger partial charge in [-0.1, -0.05) is 34.1 Å². The van der Waals surface area contributed by atoms with Crippen LogP contribution in [0.25, 0.3) is 10.9 Å². The standard InChI is InChI=1S/C14H11BrN4O2/c15-11-5-10-8-17-18-14(10)12(6-11)16-7-9-3-1-2-4-13(9)19(20)21/h1-6,8,16H,7H2,(H,17,18). The molecule has 0 aliphatic carbocycles. The summed E-state index contributed by atoms with van der Waals surface area (Å²) in [6, 6.07) is 10.6. The second kappa shape index (κ2) is 5.53. The maximum Gasteiger partial charge on any atom is 0.274 e. The second-order valence-corrected chi connectivity index (χ2v) is 5.44. The van der Waals surface area contributed by atoms with Crippen molar-refractivity contribution >= 4 is 38.2 Å². The third kappa shape index (κ3) is 2.73. The number of halogens is 1. The molecular formula is C14H11BrN4O2. The Kier molecular flexibility index (Phi) is 3.57. The highest BCUT2D eigenvalue weighted by atomic mass is 79.9. The minimum Gasteiger partial charge on any atom is -0.379 e. The lowest BCUT2D eigenvalue weighted by Gasteiger charge is -2.08. The van der Waals surface area contributed by atoms with Gasteiger partial charge in [0.2, 0.25) is 0 Å². The largest absolute Gasteiger partial charge is 0.379 e. The van der Waals surface area contributed by atoms with Crippen molar-refractivity contribution in [3.05, 3.63) is 62.7 Å². The summed E-state index contributed by atoms with van der Waals surface area (Å²) in [6.45, 7) is 0.363. The molecule has 6 nitrogen and oxygen atoms in total. The normalized spacial score (nSPS) is 10.7. The molecular weight excluding hydrogens is 336 g/mol. The molecule has 3 rings (SSSR count).